The second-order valence-corrected chi connectivity index (χ2v) is 6.18. The summed E-state index contributed by atoms with van der Waals surface area (Å²) in [6.07, 6.45) is 4.22. The Bertz CT molecular complexity index is 232. The van der Waals surface area contributed by atoms with E-state index in [-0.39, 0.29) is 10.8 Å². The van der Waals surface area contributed by atoms with Crippen LogP contribution in [-0.4, -0.2) is 42.6 Å². The average molecular weight is 232 g/mol. The fourth-order valence-electron chi connectivity index (χ4n) is 2.99. The Balaban J connectivity index is 2.01. The van der Waals surface area contributed by atoms with E-state index in [0.29, 0.717) is 12.1 Å². The Morgan fingerprint density at radius 2 is 2.07 bits per heavy atom. The zero-order chi connectivity index (χ0) is 11.1. The van der Waals surface area contributed by atoms with Crippen molar-refractivity contribution >= 4 is 11.6 Å². The Hall–Kier alpha value is 0.210. The summed E-state index contributed by atoms with van der Waals surface area (Å²) in [5.74, 6) is 0. The van der Waals surface area contributed by atoms with E-state index in [2.05, 4.69) is 18.7 Å². The lowest BCUT2D eigenvalue weighted by atomic mass is 9.92. The van der Waals surface area contributed by atoms with E-state index in [1.807, 2.05) is 7.11 Å². The van der Waals surface area contributed by atoms with Crippen LogP contribution < -0.4 is 0 Å². The summed E-state index contributed by atoms with van der Waals surface area (Å²) in [4.78, 5) is 2.54. The molecular formula is C12H22ClNO. The predicted octanol–water partition coefficient (Wildman–Crippen LogP) is 2.50. The Morgan fingerprint density at radius 3 is 2.60 bits per heavy atom. The maximum absolute atomic E-state index is 6.39. The van der Waals surface area contributed by atoms with Gasteiger partial charge < -0.3 is 4.74 Å². The number of likely N-dealkylation sites (tertiary alicyclic amines) is 1. The molecule has 2 fully saturated rings. The van der Waals surface area contributed by atoms with Crippen LogP contribution in [0.4, 0.5) is 0 Å². The summed E-state index contributed by atoms with van der Waals surface area (Å²) in [6.45, 7) is 6.67. The van der Waals surface area contributed by atoms with E-state index in [9.17, 15) is 0 Å². The average Bonchev–Trinajstić information content (AvgIpc) is 2.71. The van der Waals surface area contributed by atoms with Crippen molar-refractivity contribution in [2.45, 2.75) is 50.6 Å². The Kier molecular flexibility index (Phi) is 3.30. The third-order valence-electron chi connectivity index (χ3n) is 4.04. The largest absolute Gasteiger partial charge is 0.380 e. The number of ether oxygens (including phenoxy) is 1. The van der Waals surface area contributed by atoms with Crippen molar-refractivity contribution in [3.8, 4) is 0 Å². The smallest absolute Gasteiger partial charge is 0.0726 e. The molecule has 0 aromatic carbocycles. The quantitative estimate of drug-likeness (QED) is 0.678. The van der Waals surface area contributed by atoms with Gasteiger partial charge in [0, 0.05) is 26.2 Å². The molecule has 1 saturated carbocycles. The van der Waals surface area contributed by atoms with Crippen LogP contribution in [0.1, 0.15) is 33.1 Å². The van der Waals surface area contributed by atoms with Crippen LogP contribution in [0.25, 0.3) is 0 Å². The lowest BCUT2D eigenvalue weighted by Gasteiger charge is -2.29. The van der Waals surface area contributed by atoms with Gasteiger partial charge in [0.05, 0.1) is 11.5 Å². The van der Waals surface area contributed by atoms with E-state index < -0.39 is 0 Å². The van der Waals surface area contributed by atoms with Gasteiger partial charge in [-0.2, -0.15) is 0 Å². The van der Waals surface area contributed by atoms with Crippen LogP contribution in [-0.2, 0) is 4.74 Å². The first kappa shape index (κ1) is 11.7. The highest BCUT2D eigenvalue weighted by atomic mass is 35.5. The van der Waals surface area contributed by atoms with E-state index in [1.54, 1.807) is 0 Å². The molecular weight excluding hydrogens is 210 g/mol. The zero-order valence-corrected chi connectivity index (χ0v) is 10.8. The molecule has 0 spiro atoms. The molecule has 15 heavy (non-hydrogen) atoms. The molecule has 3 atom stereocenters. The van der Waals surface area contributed by atoms with Crippen molar-refractivity contribution in [2.75, 3.05) is 20.2 Å². The second kappa shape index (κ2) is 4.23. The number of methoxy groups -OCH3 is 1. The number of alkyl halides is 1. The highest BCUT2D eigenvalue weighted by Crippen LogP contribution is 2.38. The van der Waals surface area contributed by atoms with Gasteiger partial charge in [0.15, 0.2) is 0 Å². The molecule has 0 amide bonds. The molecule has 0 bridgehead atoms. The molecule has 3 unspecified atom stereocenters. The first-order valence-electron chi connectivity index (χ1n) is 5.95. The van der Waals surface area contributed by atoms with Crippen molar-refractivity contribution in [1.82, 2.24) is 4.90 Å². The molecule has 1 aliphatic heterocycles. The lowest BCUT2D eigenvalue weighted by molar-refractivity contribution is 0.0389. The van der Waals surface area contributed by atoms with Gasteiger partial charge in [-0.25, -0.2) is 0 Å². The van der Waals surface area contributed by atoms with E-state index in [4.69, 9.17) is 16.3 Å². The Labute approximate surface area is 97.9 Å². The molecule has 0 N–H and O–H groups in total. The molecule has 2 rings (SSSR count). The van der Waals surface area contributed by atoms with Crippen molar-refractivity contribution in [2.24, 2.45) is 5.41 Å². The molecule has 2 aliphatic rings. The van der Waals surface area contributed by atoms with Crippen molar-refractivity contribution < 1.29 is 4.74 Å². The van der Waals surface area contributed by atoms with Crippen molar-refractivity contribution in [1.29, 1.82) is 0 Å². The van der Waals surface area contributed by atoms with Crippen LogP contribution in [0.3, 0.4) is 0 Å². The van der Waals surface area contributed by atoms with Crippen molar-refractivity contribution in [3.63, 3.8) is 0 Å². The summed E-state index contributed by atoms with van der Waals surface area (Å²) in [5.41, 5.74) is 0.252. The fourth-order valence-corrected chi connectivity index (χ4v) is 3.24. The van der Waals surface area contributed by atoms with Crippen LogP contribution in [0.5, 0.6) is 0 Å². The van der Waals surface area contributed by atoms with Gasteiger partial charge >= 0.3 is 0 Å². The molecule has 0 radical (unpaired) electrons. The number of hydrogen-bond donors (Lipinski definition) is 0. The summed E-state index contributed by atoms with van der Waals surface area (Å²) in [6, 6.07) is 0.609. The molecule has 0 aromatic heterocycles. The highest BCUT2D eigenvalue weighted by molar-refractivity contribution is 6.21. The summed E-state index contributed by atoms with van der Waals surface area (Å²) >= 11 is 6.39. The summed E-state index contributed by atoms with van der Waals surface area (Å²) in [5, 5.41) is 0.288. The summed E-state index contributed by atoms with van der Waals surface area (Å²) in [7, 11) is 1.84. The normalized spacial score (nSPS) is 41.2. The molecule has 1 saturated heterocycles. The number of rotatable bonds is 2. The van der Waals surface area contributed by atoms with Gasteiger partial charge in [-0.1, -0.05) is 13.8 Å². The van der Waals surface area contributed by atoms with Crippen LogP contribution in [0.15, 0.2) is 0 Å². The zero-order valence-electron chi connectivity index (χ0n) is 10.0. The lowest BCUT2D eigenvalue weighted by Crippen LogP contribution is -2.40. The standard InChI is InChI=1S/C12H22ClNO/c1-12(2)8-14(7-11(12)13)9-5-4-6-10(9)15-3/h9-11H,4-8H2,1-3H3. The van der Waals surface area contributed by atoms with Gasteiger partial charge in [-0.05, 0) is 24.7 Å². The van der Waals surface area contributed by atoms with Gasteiger partial charge in [0.25, 0.3) is 0 Å². The minimum atomic E-state index is 0.252. The maximum atomic E-state index is 6.39. The molecule has 1 aliphatic carbocycles. The first-order valence-corrected chi connectivity index (χ1v) is 6.39. The number of halogens is 1. The third kappa shape index (κ3) is 2.17. The van der Waals surface area contributed by atoms with E-state index in [1.165, 1.54) is 19.3 Å². The predicted molar refractivity (Wildman–Crippen MR) is 63.4 cm³/mol. The van der Waals surface area contributed by atoms with E-state index in [0.717, 1.165) is 13.1 Å². The molecule has 3 heteroatoms. The second-order valence-electron chi connectivity index (χ2n) is 5.66. The highest BCUT2D eigenvalue weighted by Gasteiger charge is 2.43. The van der Waals surface area contributed by atoms with Crippen LogP contribution in [0, 0.1) is 5.41 Å². The van der Waals surface area contributed by atoms with E-state index >= 15 is 0 Å². The first-order chi connectivity index (χ1) is 7.04. The SMILES string of the molecule is COC1CCCC1N1CC(Cl)C(C)(C)C1. The molecule has 1 heterocycles. The van der Waals surface area contributed by atoms with Gasteiger partial charge in [-0.3, -0.25) is 4.90 Å². The van der Waals surface area contributed by atoms with Crippen LogP contribution in [0.2, 0.25) is 0 Å². The number of nitrogens with zero attached hydrogens (tertiary/aromatic N) is 1. The van der Waals surface area contributed by atoms with Crippen LogP contribution >= 0.6 is 11.6 Å². The molecule has 88 valence electrons. The minimum Gasteiger partial charge on any atom is -0.380 e. The molecule has 2 nitrogen and oxygen atoms in total. The van der Waals surface area contributed by atoms with Gasteiger partial charge in [0.2, 0.25) is 0 Å². The van der Waals surface area contributed by atoms with Gasteiger partial charge in [0.1, 0.15) is 0 Å². The number of hydrogen-bond acceptors (Lipinski definition) is 2. The third-order valence-corrected chi connectivity index (χ3v) is 4.77. The van der Waals surface area contributed by atoms with Gasteiger partial charge in [-0.15, -0.1) is 11.6 Å². The maximum Gasteiger partial charge on any atom is 0.0726 e. The fraction of sp³-hybridized carbons (Fsp3) is 1.00. The minimum absolute atomic E-state index is 0.252. The Morgan fingerprint density at radius 1 is 1.33 bits per heavy atom. The topological polar surface area (TPSA) is 12.5 Å². The summed E-state index contributed by atoms with van der Waals surface area (Å²) < 4.78 is 5.55. The molecule has 0 aromatic rings. The monoisotopic (exact) mass is 231 g/mol. The van der Waals surface area contributed by atoms with Crippen molar-refractivity contribution in [3.05, 3.63) is 0 Å².